The van der Waals surface area contributed by atoms with Crippen molar-refractivity contribution in [2.75, 3.05) is 10.7 Å². The van der Waals surface area contributed by atoms with E-state index in [1.54, 1.807) is 6.20 Å². The SMILES string of the molecule is CC(Nc1ccnc(NN)c1)C1CC1. The molecule has 0 radical (unpaired) electrons. The maximum absolute atomic E-state index is 5.28. The average Bonchev–Trinajstić information content (AvgIpc) is 3.01. The first-order chi connectivity index (χ1) is 6.79. The number of aromatic nitrogens is 1. The van der Waals surface area contributed by atoms with Gasteiger partial charge in [0, 0.05) is 24.0 Å². The Balaban J connectivity index is 2.00. The lowest BCUT2D eigenvalue weighted by molar-refractivity contribution is 0.694. The Hall–Kier alpha value is -1.29. The highest BCUT2D eigenvalue weighted by atomic mass is 15.2. The van der Waals surface area contributed by atoms with Gasteiger partial charge in [0.1, 0.15) is 5.82 Å². The van der Waals surface area contributed by atoms with E-state index in [0.717, 1.165) is 11.6 Å². The summed E-state index contributed by atoms with van der Waals surface area (Å²) in [4.78, 5) is 4.05. The number of hydrazine groups is 1. The molecule has 1 unspecified atom stereocenters. The van der Waals surface area contributed by atoms with Gasteiger partial charge < -0.3 is 10.7 Å². The molecule has 0 aromatic carbocycles. The van der Waals surface area contributed by atoms with E-state index in [4.69, 9.17) is 5.84 Å². The van der Waals surface area contributed by atoms with Crippen LogP contribution in [-0.2, 0) is 0 Å². The number of hydrogen-bond acceptors (Lipinski definition) is 4. The Morgan fingerprint density at radius 1 is 1.57 bits per heavy atom. The van der Waals surface area contributed by atoms with Crippen LogP contribution in [0.4, 0.5) is 11.5 Å². The largest absolute Gasteiger partial charge is 0.382 e. The van der Waals surface area contributed by atoms with Gasteiger partial charge in [0.15, 0.2) is 0 Å². The predicted molar refractivity (Wildman–Crippen MR) is 57.9 cm³/mol. The molecule has 1 aromatic rings. The van der Waals surface area contributed by atoms with Crippen LogP contribution in [0.15, 0.2) is 18.3 Å². The fraction of sp³-hybridized carbons (Fsp3) is 0.500. The molecular formula is C10H16N4. The second-order valence-electron chi connectivity index (χ2n) is 3.84. The Kier molecular flexibility index (Phi) is 2.54. The summed E-state index contributed by atoms with van der Waals surface area (Å²) in [6.07, 6.45) is 4.44. The first kappa shape index (κ1) is 9.27. The predicted octanol–water partition coefficient (Wildman–Crippen LogP) is 1.58. The van der Waals surface area contributed by atoms with Crippen molar-refractivity contribution in [1.29, 1.82) is 0 Å². The van der Waals surface area contributed by atoms with Gasteiger partial charge in [-0.05, 0) is 31.7 Å². The van der Waals surface area contributed by atoms with E-state index in [1.807, 2.05) is 12.1 Å². The molecule has 1 saturated carbocycles. The smallest absolute Gasteiger partial charge is 0.141 e. The second kappa shape index (κ2) is 3.84. The zero-order valence-electron chi connectivity index (χ0n) is 8.33. The molecule has 4 nitrogen and oxygen atoms in total. The lowest BCUT2D eigenvalue weighted by atomic mass is 10.2. The summed E-state index contributed by atoms with van der Waals surface area (Å²) in [5.41, 5.74) is 3.61. The average molecular weight is 192 g/mol. The van der Waals surface area contributed by atoms with Crippen LogP contribution < -0.4 is 16.6 Å². The molecule has 4 N–H and O–H groups in total. The van der Waals surface area contributed by atoms with Crippen LogP contribution >= 0.6 is 0 Å². The summed E-state index contributed by atoms with van der Waals surface area (Å²) in [5.74, 6) is 6.82. The molecule has 0 spiro atoms. The minimum Gasteiger partial charge on any atom is -0.382 e. The van der Waals surface area contributed by atoms with Crippen molar-refractivity contribution < 1.29 is 0 Å². The van der Waals surface area contributed by atoms with E-state index >= 15 is 0 Å². The van der Waals surface area contributed by atoms with E-state index in [0.29, 0.717) is 11.9 Å². The van der Waals surface area contributed by atoms with E-state index in [2.05, 4.69) is 22.7 Å². The summed E-state index contributed by atoms with van der Waals surface area (Å²) in [7, 11) is 0. The van der Waals surface area contributed by atoms with E-state index in [1.165, 1.54) is 12.8 Å². The molecule has 1 heterocycles. The lowest BCUT2D eigenvalue weighted by Crippen LogP contribution is -2.17. The minimum absolute atomic E-state index is 0.544. The third-order valence-corrected chi connectivity index (χ3v) is 2.63. The van der Waals surface area contributed by atoms with Gasteiger partial charge in [-0.25, -0.2) is 10.8 Å². The van der Waals surface area contributed by atoms with Crippen molar-refractivity contribution in [3.05, 3.63) is 18.3 Å². The van der Waals surface area contributed by atoms with Crippen LogP contribution in [0.1, 0.15) is 19.8 Å². The van der Waals surface area contributed by atoms with Gasteiger partial charge in [-0.1, -0.05) is 0 Å². The normalized spacial score (nSPS) is 17.6. The number of anilines is 2. The van der Waals surface area contributed by atoms with Crippen LogP contribution in [-0.4, -0.2) is 11.0 Å². The second-order valence-corrected chi connectivity index (χ2v) is 3.84. The number of hydrogen-bond donors (Lipinski definition) is 3. The maximum Gasteiger partial charge on any atom is 0.141 e. The van der Waals surface area contributed by atoms with Crippen LogP contribution in [0.5, 0.6) is 0 Å². The van der Waals surface area contributed by atoms with Gasteiger partial charge in [0.05, 0.1) is 0 Å². The van der Waals surface area contributed by atoms with Crippen LogP contribution in [0.25, 0.3) is 0 Å². The topological polar surface area (TPSA) is 63.0 Å². The van der Waals surface area contributed by atoms with Crippen molar-refractivity contribution in [1.82, 2.24) is 4.98 Å². The minimum atomic E-state index is 0.544. The van der Waals surface area contributed by atoms with Crippen molar-refractivity contribution in [2.45, 2.75) is 25.8 Å². The molecule has 1 aromatic heterocycles. The number of rotatable bonds is 4. The van der Waals surface area contributed by atoms with Gasteiger partial charge in [0.2, 0.25) is 0 Å². The number of nitrogens with one attached hydrogen (secondary N) is 2. The summed E-state index contributed by atoms with van der Waals surface area (Å²) < 4.78 is 0. The molecule has 0 bridgehead atoms. The fourth-order valence-corrected chi connectivity index (χ4v) is 1.58. The van der Waals surface area contributed by atoms with Crippen LogP contribution in [0.3, 0.4) is 0 Å². The zero-order valence-corrected chi connectivity index (χ0v) is 8.33. The van der Waals surface area contributed by atoms with Crippen molar-refractivity contribution in [3.8, 4) is 0 Å². The quantitative estimate of drug-likeness (QED) is 0.500. The Morgan fingerprint density at radius 2 is 2.36 bits per heavy atom. The molecule has 1 aliphatic carbocycles. The third kappa shape index (κ3) is 2.14. The zero-order chi connectivity index (χ0) is 9.97. The van der Waals surface area contributed by atoms with Crippen molar-refractivity contribution >= 4 is 11.5 Å². The van der Waals surface area contributed by atoms with Crippen molar-refractivity contribution in [3.63, 3.8) is 0 Å². The highest BCUT2D eigenvalue weighted by Crippen LogP contribution is 2.33. The number of nitrogens with zero attached hydrogens (tertiary/aromatic N) is 1. The summed E-state index contributed by atoms with van der Waals surface area (Å²) >= 11 is 0. The molecule has 2 rings (SSSR count). The number of pyridine rings is 1. The molecular weight excluding hydrogens is 176 g/mol. The first-order valence-electron chi connectivity index (χ1n) is 4.99. The van der Waals surface area contributed by atoms with Gasteiger partial charge in [-0.15, -0.1) is 0 Å². The molecule has 1 aliphatic rings. The van der Waals surface area contributed by atoms with Crippen LogP contribution in [0, 0.1) is 5.92 Å². The standard InChI is InChI=1S/C10H16N4/c1-7(8-2-3-8)13-9-4-5-12-10(6-9)14-11/h4-8H,2-3,11H2,1H3,(H2,12,13,14). The molecule has 1 fully saturated rings. The van der Waals surface area contributed by atoms with E-state index < -0.39 is 0 Å². The Labute approximate surface area is 83.9 Å². The first-order valence-corrected chi connectivity index (χ1v) is 4.99. The molecule has 0 amide bonds. The molecule has 4 heteroatoms. The molecule has 14 heavy (non-hydrogen) atoms. The lowest BCUT2D eigenvalue weighted by Gasteiger charge is -2.14. The fourth-order valence-electron chi connectivity index (χ4n) is 1.58. The summed E-state index contributed by atoms with van der Waals surface area (Å²) in [5, 5.41) is 3.44. The number of nitrogens with two attached hydrogens (primary N) is 1. The van der Waals surface area contributed by atoms with Gasteiger partial charge in [-0.2, -0.15) is 0 Å². The maximum atomic E-state index is 5.28. The van der Waals surface area contributed by atoms with Gasteiger partial charge >= 0.3 is 0 Å². The van der Waals surface area contributed by atoms with Gasteiger partial charge in [-0.3, -0.25) is 0 Å². The highest BCUT2D eigenvalue weighted by molar-refractivity contribution is 5.51. The van der Waals surface area contributed by atoms with Crippen molar-refractivity contribution in [2.24, 2.45) is 11.8 Å². The monoisotopic (exact) mass is 192 g/mol. The molecule has 0 aliphatic heterocycles. The molecule has 0 saturated heterocycles. The third-order valence-electron chi connectivity index (χ3n) is 2.63. The molecule has 76 valence electrons. The summed E-state index contributed by atoms with van der Waals surface area (Å²) in [6.45, 7) is 2.22. The Bertz CT molecular complexity index is 309. The van der Waals surface area contributed by atoms with Gasteiger partial charge in [0.25, 0.3) is 0 Å². The summed E-state index contributed by atoms with van der Waals surface area (Å²) in [6, 6.07) is 4.42. The number of nitrogen functional groups attached to an aromatic ring is 1. The Morgan fingerprint density at radius 3 is 3.00 bits per heavy atom. The molecule has 1 atom stereocenters. The van der Waals surface area contributed by atoms with E-state index in [9.17, 15) is 0 Å². The highest BCUT2D eigenvalue weighted by Gasteiger charge is 2.27. The van der Waals surface area contributed by atoms with Crippen LogP contribution in [0.2, 0.25) is 0 Å². The van der Waals surface area contributed by atoms with E-state index in [-0.39, 0.29) is 0 Å².